The summed E-state index contributed by atoms with van der Waals surface area (Å²) in [5, 5.41) is 0. The minimum atomic E-state index is -3.19. The number of pyridine rings is 2. The highest BCUT2D eigenvalue weighted by Gasteiger charge is 2.34. The maximum atomic E-state index is 12.0. The molecule has 4 heterocycles. The molecule has 1 aliphatic carbocycles. The molecule has 4 N–H and O–H groups in total. The van der Waals surface area contributed by atoms with Crippen LogP contribution in [0.25, 0.3) is 39.5 Å². The topological polar surface area (TPSA) is 136 Å². The van der Waals surface area contributed by atoms with Crippen molar-refractivity contribution in [2.45, 2.75) is 24.8 Å². The first kappa shape index (κ1) is 27.5. The van der Waals surface area contributed by atoms with Crippen LogP contribution in [0.2, 0.25) is 0 Å². The van der Waals surface area contributed by atoms with Crippen molar-refractivity contribution in [2.75, 3.05) is 43.1 Å². The van der Waals surface area contributed by atoms with Crippen molar-refractivity contribution >= 4 is 32.7 Å². The summed E-state index contributed by atoms with van der Waals surface area (Å²) in [7, 11) is -3.19. The average Bonchev–Trinajstić information content (AvgIpc) is 3.38. The molecule has 5 aromatic rings. The summed E-state index contributed by atoms with van der Waals surface area (Å²) in [6, 6.07) is 24.3. The Bertz CT molecular complexity index is 1930. The van der Waals surface area contributed by atoms with Gasteiger partial charge in [-0.25, -0.2) is 23.4 Å². The van der Waals surface area contributed by atoms with E-state index in [0.717, 1.165) is 58.5 Å². The van der Waals surface area contributed by atoms with Crippen LogP contribution >= 0.6 is 0 Å². The van der Waals surface area contributed by atoms with Gasteiger partial charge >= 0.3 is 0 Å². The smallest absolute Gasteiger partial charge is 0.211 e. The van der Waals surface area contributed by atoms with E-state index in [1.807, 2.05) is 41.0 Å². The van der Waals surface area contributed by atoms with Crippen molar-refractivity contribution < 1.29 is 8.42 Å². The van der Waals surface area contributed by atoms with Gasteiger partial charge in [0.05, 0.1) is 17.5 Å². The zero-order chi connectivity index (χ0) is 29.8. The highest BCUT2D eigenvalue weighted by atomic mass is 32.2. The number of piperazine rings is 1. The molecule has 0 atom stereocenters. The molecule has 0 unspecified atom stereocenters. The van der Waals surface area contributed by atoms with Crippen molar-refractivity contribution in [1.82, 2.24) is 23.8 Å². The monoisotopic (exact) mass is 594 g/mol. The third-order valence-electron chi connectivity index (χ3n) is 8.74. The molecule has 0 amide bonds. The number of aromatic nitrogens is 4. The second-order valence-electron chi connectivity index (χ2n) is 11.5. The molecule has 0 bridgehead atoms. The van der Waals surface area contributed by atoms with Crippen molar-refractivity contribution in [2.24, 2.45) is 5.73 Å². The minimum absolute atomic E-state index is 0.250. The fourth-order valence-electron chi connectivity index (χ4n) is 6.08. The second kappa shape index (κ2) is 10.4. The van der Waals surface area contributed by atoms with Crippen LogP contribution in [0.15, 0.2) is 79.0 Å². The van der Waals surface area contributed by atoms with Gasteiger partial charge in [-0.1, -0.05) is 24.3 Å². The van der Waals surface area contributed by atoms with E-state index in [1.165, 1.54) is 10.6 Å². The number of nitrogens with two attached hydrogens (primary N) is 2. The molecule has 0 spiro atoms. The Hall–Kier alpha value is -4.32. The quantitative estimate of drug-likeness (QED) is 0.299. The molecule has 3 aromatic heterocycles. The van der Waals surface area contributed by atoms with Crippen LogP contribution in [0, 0.1) is 0 Å². The Morgan fingerprint density at radius 3 is 2.30 bits per heavy atom. The predicted octanol–water partition coefficient (Wildman–Crippen LogP) is 4.15. The van der Waals surface area contributed by atoms with Crippen LogP contribution < -0.4 is 16.4 Å². The lowest BCUT2D eigenvalue weighted by atomic mass is 9.73. The molecule has 7 rings (SSSR count). The molecule has 10 nitrogen and oxygen atoms in total. The molecule has 2 fully saturated rings. The number of sulfonamides is 1. The summed E-state index contributed by atoms with van der Waals surface area (Å²) < 4.78 is 27.5. The third kappa shape index (κ3) is 5.03. The summed E-state index contributed by atoms with van der Waals surface area (Å²) in [5.74, 6) is 1.07. The lowest BCUT2D eigenvalue weighted by Gasteiger charge is -2.38. The van der Waals surface area contributed by atoms with Gasteiger partial charge in [0.25, 0.3) is 0 Å². The Labute approximate surface area is 251 Å². The fraction of sp³-hybridized carbons (Fsp3) is 0.281. The number of benzene rings is 2. The Morgan fingerprint density at radius 2 is 1.63 bits per heavy atom. The molecule has 220 valence electrons. The summed E-state index contributed by atoms with van der Waals surface area (Å²) in [6.45, 7) is 2.20. The zero-order valence-corrected chi connectivity index (χ0v) is 24.8. The molecular weight excluding hydrogens is 560 g/mol. The first-order valence-electron chi connectivity index (χ1n) is 14.5. The van der Waals surface area contributed by atoms with E-state index in [9.17, 15) is 8.42 Å². The van der Waals surface area contributed by atoms with E-state index in [4.69, 9.17) is 21.4 Å². The third-order valence-corrected chi connectivity index (χ3v) is 10.0. The summed E-state index contributed by atoms with van der Waals surface area (Å²) in [6.07, 6.45) is 6.08. The van der Waals surface area contributed by atoms with E-state index in [2.05, 4.69) is 46.3 Å². The van der Waals surface area contributed by atoms with Gasteiger partial charge in [-0.05, 0) is 73.4 Å². The predicted molar refractivity (Wildman–Crippen MR) is 170 cm³/mol. The van der Waals surface area contributed by atoms with E-state index < -0.39 is 10.0 Å². The van der Waals surface area contributed by atoms with Crippen molar-refractivity contribution in [3.05, 3.63) is 84.6 Å². The molecule has 1 aliphatic heterocycles. The normalized spacial score (nSPS) is 17.2. The SMILES string of the molecule is CS(=O)(=O)N1CCN(c2cccc(-c3ccc4nc(-c5cccnc5N)n(-c5ccc(C6(N)CCC6)cc5)c4n3)c2)CC1. The summed E-state index contributed by atoms with van der Waals surface area (Å²) in [5.41, 5.74) is 19.7. The lowest BCUT2D eigenvalue weighted by molar-refractivity contribution is 0.253. The van der Waals surface area contributed by atoms with Crippen LogP contribution in [0.1, 0.15) is 24.8 Å². The van der Waals surface area contributed by atoms with Gasteiger partial charge in [0.1, 0.15) is 11.3 Å². The number of nitrogens with zero attached hydrogens (tertiary/aromatic N) is 6. The van der Waals surface area contributed by atoms with Crippen LogP contribution in [-0.2, 0) is 15.6 Å². The van der Waals surface area contributed by atoms with Gasteiger partial charge in [0.15, 0.2) is 11.5 Å². The molecule has 11 heteroatoms. The molecule has 43 heavy (non-hydrogen) atoms. The highest BCUT2D eigenvalue weighted by molar-refractivity contribution is 7.88. The maximum Gasteiger partial charge on any atom is 0.211 e. The van der Waals surface area contributed by atoms with Gasteiger partial charge in [0, 0.05) is 54.9 Å². The van der Waals surface area contributed by atoms with Crippen LogP contribution in [-0.4, -0.2) is 64.7 Å². The summed E-state index contributed by atoms with van der Waals surface area (Å²) >= 11 is 0. The van der Waals surface area contributed by atoms with Gasteiger partial charge in [-0.3, -0.25) is 4.57 Å². The van der Waals surface area contributed by atoms with E-state index in [0.29, 0.717) is 43.5 Å². The van der Waals surface area contributed by atoms with Gasteiger partial charge in [-0.2, -0.15) is 4.31 Å². The zero-order valence-electron chi connectivity index (χ0n) is 24.0. The Kier molecular flexibility index (Phi) is 6.68. The molecule has 1 saturated heterocycles. The van der Waals surface area contributed by atoms with Crippen molar-refractivity contribution in [1.29, 1.82) is 0 Å². The average molecular weight is 595 g/mol. The number of anilines is 2. The fourth-order valence-corrected chi connectivity index (χ4v) is 6.91. The Morgan fingerprint density at radius 1 is 0.860 bits per heavy atom. The first-order valence-corrected chi connectivity index (χ1v) is 16.4. The molecule has 0 radical (unpaired) electrons. The molecule has 2 aliphatic rings. The molecule has 2 aromatic carbocycles. The van der Waals surface area contributed by atoms with E-state index in [-0.39, 0.29) is 5.54 Å². The van der Waals surface area contributed by atoms with Gasteiger partial charge in [0.2, 0.25) is 10.0 Å². The second-order valence-corrected chi connectivity index (χ2v) is 13.5. The van der Waals surface area contributed by atoms with Gasteiger partial charge < -0.3 is 16.4 Å². The highest BCUT2D eigenvalue weighted by Crippen LogP contribution is 2.39. The van der Waals surface area contributed by atoms with Crippen LogP contribution in [0.4, 0.5) is 11.5 Å². The Balaban J connectivity index is 1.29. The van der Waals surface area contributed by atoms with E-state index in [1.54, 1.807) is 6.20 Å². The number of hydrogen-bond donors (Lipinski definition) is 2. The number of rotatable bonds is 6. The number of nitrogen functional groups attached to an aromatic ring is 1. The van der Waals surface area contributed by atoms with Crippen molar-refractivity contribution in [3.63, 3.8) is 0 Å². The number of fused-ring (bicyclic) bond motifs is 1. The number of hydrogen-bond acceptors (Lipinski definition) is 8. The maximum absolute atomic E-state index is 12.0. The standard InChI is InChI=1S/C32H34N8O2S/c1-43(41,42)39-19-17-38(18-20-39)25-6-2-5-22(21-25)27-12-13-28-31(36-27)40(30(37-28)26-7-3-16-35-29(26)33)24-10-8-23(9-11-24)32(34)14-4-15-32/h2-3,5-13,16,21H,4,14-15,17-20,34H2,1H3,(H2,33,35). The van der Waals surface area contributed by atoms with Gasteiger partial charge in [-0.15, -0.1) is 0 Å². The summed E-state index contributed by atoms with van der Waals surface area (Å²) in [4.78, 5) is 16.6. The largest absolute Gasteiger partial charge is 0.383 e. The lowest BCUT2D eigenvalue weighted by Crippen LogP contribution is -2.48. The molecular formula is C32H34N8O2S. The van der Waals surface area contributed by atoms with E-state index >= 15 is 0 Å². The number of imidazole rings is 1. The molecule has 1 saturated carbocycles. The van der Waals surface area contributed by atoms with Crippen LogP contribution in [0.5, 0.6) is 0 Å². The first-order chi connectivity index (χ1) is 20.7. The van der Waals surface area contributed by atoms with Crippen LogP contribution in [0.3, 0.4) is 0 Å². The minimum Gasteiger partial charge on any atom is -0.383 e. The van der Waals surface area contributed by atoms with Crippen molar-refractivity contribution in [3.8, 4) is 28.3 Å².